The van der Waals surface area contributed by atoms with Gasteiger partial charge in [0.2, 0.25) is 0 Å². The number of halogens is 1. The topological polar surface area (TPSA) is 46.1 Å². The van der Waals surface area contributed by atoms with Crippen LogP contribution in [0.3, 0.4) is 0 Å². The first-order valence-corrected chi connectivity index (χ1v) is 10.0. The zero-order chi connectivity index (χ0) is 19.3. The van der Waals surface area contributed by atoms with Gasteiger partial charge < -0.3 is 19.7 Å². The SMILES string of the molecule is CCNC(=NCC(C)(C)c1ccccc1F)N1CCOC(C2CCCO2)C1. The maximum absolute atomic E-state index is 14.2. The molecule has 150 valence electrons. The van der Waals surface area contributed by atoms with Crippen molar-refractivity contribution in [1.29, 1.82) is 0 Å². The van der Waals surface area contributed by atoms with Crippen molar-refractivity contribution in [2.75, 3.05) is 39.4 Å². The van der Waals surface area contributed by atoms with Crippen LogP contribution in [0.4, 0.5) is 4.39 Å². The number of benzene rings is 1. The van der Waals surface area contributed by atoms with Gasteiger partial charge in [-0.25, -0.2) is 4.39 Å². The number of nitrogens with zero attached hydrogens (tertiary/aromatic N) is 2. The van der Waals surface area contributed by atoms with Gasteiger partial charge in [0.25, 0.3) is 0 Å². The highest BCUT2D eigenvalue weighted by molar-refractivity contribution is 5.80. The first kappa shape index (κ1) is 20.1. The Kier molecular flexibility index (Phi) is 6.71. The average molecular weight is 378 g/mol. The number of nitrogens with one attached hydrogen (secondary N) is 1. The molecular weight excluding hydrogens is 345 g/mol. The molecule has 27 heavy (non-hydrogen) atoms. The lowest BCUT2D eigenvalue weighted by molar-refractivity contribution is -0.0817. The smallest absolute Gasteiger partial charge is 0.194 e. The number of hydrogen-bond acceptors (Lipinski definition) is 3. The average Bonchev–Trinajstić information content (AvgIpc) is 3.20. The quantitative estimate of drug-likeness (QED) is 0.633. The van der Waals surface area contributed by atoms with Crippen LogP contribution in [-0.4, -0.2) is 62.5 Å². The summed E-state index contributed by atoms with van der Waals surface area (Å²) in [5.74, 6) is 0.695. The van der Waals surface area contributed by atoms with Gasteiger partial charge in [0.15, 0.2) is 5.96 Å². The molecule has 3 rings (SSSR count). The zero-order valence-corrected chi connectivity index (χ0v) is 16.7. The van der Waals surface area contributed by atoms with E-state index in [0.717, 1.165) is 45.0 Å². The van der Waals surface area contributed by atoms with Gasteiger partial charge in [-0.1, -0.05) is 32.0 Å². The summed E-state index contributed by atoms with van der Waals surface area (Å²) >= 11 is 0. The largest absolute Gasteiger partial charge is 0.375 e. The molecule has 2 atom stereocenters. The van der Waals surface area contributed by atoms with Crippen molar-refractivity contribution in [3.63, 3.8) is 0 Å². The van der Waals surface area contributed by atoms with Crippen molar-refractivity contribution in [2.45, 2.75) is 51.2 Å². The van der Waals surface area contributed by atoms with Crippen molar-refractivity contribution in [3.05, 3.63) is 35.6 Å². The standard InChI is InChI=1S/C21H32FN3O2/c1-4-23-20(24-15-21(2,3)16-8-5-6-9-17(16)22)25-11-13-27-19(14-25)18-10-7-12-26-18/h5-6,8-9,18-19H,4,7,10-15H2,1-3H3,(H,23,24). The summed E-state index contributed by atoms with van der Waals surface area (Å²) in [5, 5.41) is 3.39. The summed E-state index contributed by atoms with van der Waals surface area (Å²) in [6, 6.07) is 6.96. The molecule has 0 radical (unpaired) electrons. The normalized spacial score (nSPS) is 24.3. The van der Waals surface area contributed by atoms with Crippen molar-refractivity contribution in [1.82, 2.24) is 10.2 Å². The monoisotopic (exact) mass is 377 g/mol. The number of ether oxygens (including phenoxy) is 2. The summed E-state index contributed by atoms with van der Waals surface area (Å²) < 4.78 is 26.0. The highest BCUT2D eigenvalue weighted by Crippen LogP contribution is 2.26. The van der Waals surface area contributed by atoms with E-state index in [2.05, 4.69) is 17.1 Å². The highest BCUT2D eigenvalue weighted by Gasteiger charge is 2.32. The minimum atomic E-state index is -0.383. The molecule has 5 nitrogen and oxygen atoms in total. The van der Waals surface area contributed by atoms with E-state index in [1.807, 2.05) is 26.0 Å². The molecule has 0 aromatic heterocycles. The van der Waals surface area contributed by atoms with E-state index in [-0.39, 0.29) is 23.4 Å². The fourth-order valence-corrected chi connectivity index (χ4v) is 3.78. The fourth-order valence-electron chi connectivity index (χ4n) is 3.78. The van der Waals surface area contributed by atoms with E-state index in [9.17, 15) is 4.39 Å². The number of morpholine rings is 1. The second-order valence-electron chi connectivity index (χ2n) is 7.94. The molecule has 2 aliphatic rings. The summed E-state index contributed by atoms with van der Waals surface area (Å²) in [6.45, 7) is 10.5. The van der Waals surface area contributed by atoms with Gasteiger partial charge in [0, 0.05) is 31.7 Å². The fraction of sp³-hybridized carbons (Fsp3) is 0.667. The number of guanidine groups is 1. The maximum atomic E-state index is 14.2. The molecule has 1 N–H and O–H groups in total. The Morgan fingerprint density at radius 2 is 2.04 bits per heavy atom. The van der Waals surface area contributed by atoms with Crippen LogP contribution in [0.15, 0.2) is 29.3 Å². The summed E-state index contributed by atoms with van der Waals surface area (Å²) in [5.41, 5.74) is 0.315. The summed E-state index contributed by atoms with van der Waals surface area (Å²) in [4.78, 5) is 7.10. The summed E-state index contributed by atoms with van der Waals surface area (Å²) in [7, 11) is 0. The number of hydrogen-bond donors (Lipinski definition) is 1. The lowest BCUT2D eigenvalue weighted by Gasteiger charge is -2.37. The van der Waals surface area contributed by atoms with Crippen LogP contribution in [0.5, 0.6) is 0 Å². The van der Waals surface area contributed by atoms with Gasteiger partial charge in [0.1, 0.15) is 11.9 Å². The number of rotatable bonds is 5. The Hall–Kier alpha value is -1.66. The second-order valence-corrected chi connectivity index (χ2v) is 7.94. The van der Waals surface area contributed by atoms with Crippen molar-refractivity contribution >= 4 is 5.96 Å². The van der Waals surface area contributed by atoms with Gasteiger partial charge in [0.05, 0.1) is 19.3 Å². The maximum Gasteiger partial charge on any atom is 0.194 e. The van der Waals surface area contributed by atoms with E-state index >= 15 is 0 Å². The van der Waals surface area contributed by atoms with Crippen LogP contribution >= 0.6 is 0 Å². The van der Waals surface area contributed by atoms with Gasteiger partial charge in [-0.2, -0.15) is 0 Å². The Balaban J connectivity index is 1.71. The molecule has 0 saturated carbocycles. The zero-order valence-electron chi connectivity index (χ0n) is 16.7. The van der Waals surface area contributed by atoms with Crippen molar-refractivity contribution < 1.29 is 13.9 Å². The number of aliphatic imine (C=N–C) groups is 1. The Labute approximate surface area is 161 Å². The lowest BCUT2D eigenvalue weighted by atomic mass is 9.84. The van der Waals surface area contributed by atoms with Crippen molar-refractivity contribution in [2.24, 2.45) is 4.99 Å². The van der Waals surface area contributed by atoms with Crippen LogP contribution in [0.2, 0.25) is 0 Å². The van der Waals surface area contributed by atoms with E-state index in [1.54, 1.807) is 6.07 Å². The van der Waals surface area contributed by atoms with Gasteiger partial charge in [-0.3, -0.25) is 4.99 Å². The van der Waals surface area contributed by atoms with Crippen LogP contribution in [0.1, 0.15) is 39.2 Å². The van der Waals surface area contributed by atoms with Crippen LogP contribution < -0.4 is 5.32 Å². The third-order valence-corrected chi connectivity index (χ3v) is 5.33. The third kappa shape index (κ3) is 4.99. The van der Waals surface area contributed by atoms with E-state index in [4.69, 9.17) is 14.5 Å². The predicted octanol–water partition coefficient (Wildman–Crippen LogP) is 2.95. The molecular formula is C21H32FN3O2. The molecule has 2 aliphatic heterocycles. The molecule has 0 amide bonds. The molecule has 1 aromatic carbocycles. The van der Waals surface area contributed by atoms with E-state index in [1.165, 1.54) is 6.07 Å². The minimum Gasteiger partial charge on any atom is -0.375 e. The molecule has 0 bridgehead atoms. The van der Waals surface area contributed by atoms with E-state index in [0.29, 0.717) is 18.7 Å². The molecule has 0 aliphatic carbocycles. The Morgan fingerprint density at radius 1 is 1.26 bits per heavy atom. The van der Waals surface area contributed by atoms with Crippen molar-refractivity contribution in [3.8, 4) is 0 Å². The Bertz CT molecular complexity index is 644. The molecule has 6 heteroatoms. The molecule has 1 aromatic rings. The third-order valence-electron chi connectivity index (χ3n) is 5.33. The first-order valence-electron chi connectivity index (χ1n) is 10.0. The molecule has 2 heterocycles. The van der Waals surface area contributed by atoms with Crippen LogP contribution in [0.25, 0.3) is 0 Å². The van der Waals surface area contributed by atoms with Crippen LogP contribution in [0, 0.1) is 5.82 Å². The predicted molar refractivity (Wildman–Crippen MR) is 106 cm³/mol. The molecule has 0 spiro atoms. The van der Waals surface area contributed by atoms with Crippen LogP contribution in [-0.2, 0) is 14.9 Å². The van der Waals surface area contributed by atoms with Gasteiger partial charge >= 0.3 is 0 Å². The van der Waals surface area contributed by atoms with E-state index < -0.39 is 0 Å². The lowest BCUT2D eigenvalue weighted by Crippen LogP contribution is -2.53. The first-order chi connectivity index (χ1) is 13.0. The van der Waals surface area contributed by atoms with Gasteiger partial charge in [-0.05, 0) is 31.4 Å². The second kappa shape index (κ2) is 9.02. The molecule has 2 fully saturated rings. The highest BCUT2D eigenvalue weighted by atomic mass is 19.1. The molecule has 2 saturated heterocycles. The van der Waals surface area contributed by atoms with Gasteiger partial charge in [-0.15, -0.1) is 0 Å². The minimum absolute atomic E-state index is 0.0877. The Morgan fingerprint density at radius 3 is 2.74 bits per heavy atom. The molecule has 2 unspecified atom stereocenters. The summed E-state index contributed by atoms with van der Waals surface area (Å²) in [6.07, 6.45) is 2.44.